The Morgan fingerprint density at radius 3 is 2.32 bits per heavy atom. The maximum Gasteiger partial charge on any atom is 0.253 e. The fourth-order valence-corrected chi connectivity index (χ4v) is 4.46. The number of amides is 2. The predicted molar refractivity (Wildman–Crippen MR) is 128 cm³/mol. The van der Waals surface area contributed by atoms with Gasteiger partial charge in [0.05, 0.1) is 5.92 Å². The van der Waals surface area contributed by atoms with Gasteiger partial charge >= 0.3 is 0 Å². The van der Waals surface area contributed by atoms with E-state index in [1.54, 1.807) is 0 Å². The molecule has 0 bridgehead atoms. The van der Waals surface area contributed by atoms with Crippen LogP contribution < -0.4 is 10.2 Å². The monoisotopic (exact) mass is 421 g/mol. The van der Waals surface area contributed by atoms with Crippen LogP contribution in [0.1, 0.15) is 53.7 Å². The molecule has 2 amide bonds. The van der Waals surface area contributed by atoms with Crippen LogP contribution in [0, 0.1) is 26.7 Å². The average Bonchev–Trinajstić information content (AvgIpc) is 2.75. The second-order valence-electron chi connectivity index (χ2n) is 8.63. The molecule has 5 heteroatoms. The Morgan fingerprint density at radius 2 is 1.71 bits per heavy atom. The lowest BCUT2D eigenvalue weighted by Crippen LogP contribution is -2.43. The van der Waals surface area contributed by atoms with Crippen LogP contribution in [-0.4, -0.2) is 42.9 Å². The van der Waals surface area contributed by atoms with E-state index in [0.717, 1.165) is 48.3 Å². The van der Waals surface area contributed by atoms with Crippen LogP contribution in [0.15, 0.2) is 36.4 Å². The molecule has 5 nitrogen and oxygen atoms in total. The normalized spacial score (nSPS) is 16.2. The molecular weight excluding hydrogens is 386 g/mol. The van der Waals surface area contributed by atoms with Crippen molar-refractivity contribution in [2.75, 3.05) is 36.4 Å². The van der Waals surface area contributed by atoms with Crippen LogP contribution in [-0.2, 0) is 4.79 Å². The molecule has 1 atom stereocenters. The molecular formula is C26H35N3O2. The van der Waals surface area contributed by atoms with Gasteiger partial charge in [-0.15, -0.1) is 0 Å². The summed E-state index contributed by atoms with van der Waals surface area (Å²) >= 11 is 0. The molecule has 0 radical (unpaired) electrons. The van der Waals surface area contributed by atoms with Crippen LogP contribution in [0.25, 0.3) is 0 Å². The first-order valence-electron chi connectivity index (χ1n) is 11.4. The number of carbonyl (C=O) groups is 2. The fourth-order valence-electron chi connectivity index (χ4n) is 4.46. The van der Waals surface area contributed by atoms with Gasteiger partial charge in [-0.2, -0.15) is 0 Å². The van der Waals surface area contributed by atoms with Gasteiger partial charge in [-0.25, -0.2) is 0 Å². The topological polar surface area (TPSA) is 52.7 Å². The van der Waals surface area contributed by atoms with Gasteiger partial charge in [0.2, 0.25) is 5.91 Å². The summed E-state index contributed by atoms with van der Waals surface area (Å²) in [6.45, 7) is 13.4. The van der Waals surface area contributed by atoms with Gasteiger partial charge in [-0.3, -0.25) is 9.59 Å². The predicted octanol–water partition coefficient (Wildman–Crippen LogP) is 4.95. The molecule has 1 heterocycles. The lowest BCUT2D eigenvalue weighted by molar-refractivity contribution is -0.121. The van der Waals surface area contributed by atoms with Crippen molar-refractivity contribution in [1.82, 2.24) is 4.90 Å². The Labute approximate surface area is 186 Å². The lowest BCUT2D eigenvalue weighted by atomic mass is 9.95. The van der Waals surface area contributed by atoms with Gasteiger partial charge < -0.3 is 15.1 Å². The van der Waals surface area contributed by atoms with Crippen LogP contribution in [0.3, 0.4) is 0 Å². The lowest BCUT2D eigenvalue weighted by Gasteiger charge is -2.32. The Kier molecular flexibility index (Phi) is 7.37. The molecule has 1 aliphatic heterocycles. The average molecular weight is 422 g/mol. The molecule has 1 saturated heterocycles. The van der Waals surface area contributed by atoms with Gasteiger partial charge in [0.1, 0.15) is 0 Å². The number of benzene rings is 2. The number of anilines is 2. The highest BCUT2D eigenvalue weighted by Crippen LogP contribution is 2.25. The van der Waals surface area contributed by atoms with E-state index in [4.69, 9.17) is 0 Å². The van der Waals surface area contributed by atoms with Crippen LogP contribution >= 0.6 is 0 Å². The van der Waals surface area contributed by atoms with Crippen molar-refractivity contribution in [1.29, 1.82) is 0 Å². The van der Waals surface area contributed by atoms with Crippen molar-refractivity contribution < 1.29 is 9.59 Å². The number of aryl methyl sites for hydroxylation is 3. The highest BCUT2D eigenvalue weighted by atomic mass is 16.2. The summed E-state index contributed by atoms with van der Waals surface area (Å²) in [5, 5.41) is 3.10. The van der Waals surface area contributed by atoms with Gasteiger partial charge in [0.15, 0.2) is 0 Å². The second-order valence-corrected chi connectivity index (χ2v) is 8.63. The number of nitrogens with one attached hydrogen (secondary N) is 1. The van der Waals surface area contributed by atoms with Crippen molar-refractivity contribution >= 4 is 23.2 Å². The van der Waals surface area contributed by atoms with Crippen molar-refractivity contribution in [2.24, 2.45) is 5.92 Å². The van der Waals surface area contributed by atoms with Gasteiger partial charge in [0.25, 0.3) is 5.91 Å². The van der Waals surface area contributed by atoms with E-state index in [9.17, 15) is 9.59 Å². The highest BCUT2D eigenvalue weighted by molar-refractivity contribution is 5.97. The Bertz CT molecular complexity index is 929. The van der Waals surface area contributed by atoms with Crippen molar-refractivity contribution in [3.05, 3.63) is 58.7 Å². The number of likely N-dealkylation sites (tertiary alicyclic amines) is 1. The Balaban J connectivity index is 1.68. The molecule has 0 spiro atoms. The van der Waals surface area contributed by atoms with Crippen molar-refractivity contribution in [3.8, 4) is 0 Å². The number of hydrogen-bond donors (Lipinski definition) is 1. The van der Waals surface area contributed by atoms with E-state index in [1.165, 1.54) is 5.69 Å². The smallest absolute Gasteiger partial charge is 0.253 e. The minimum absolute atomic E-state index is 0.00314. The molecule has 31 heavy (non-hydrogen) atoms. The van der Waals surface area contributed by atoms with Gasteiger partial charge in [-0.05, 0) is 83.4 Å². The first-order valence-corrected chi connectivity index (χ1v) is 11.4. The molecule has 2 aromatic carbocycles. The number of carbonyl (C=O) groups excluding carboxylic acids is 2. The number of rotatable bonds is 6. The third kappa shape index (κ3) is 5.46. The summed E-state index contributed by atoms with van der Waals surface area (Å²) in [4.78, 5) is 30.2. The van der Waals surface area contributed by atoms with Crippen LogP contribution in [0.5, 0.6) is 0 Å². The molecule has 2 aromatic rings. The summed E-state index contributed by atoms with van der Waals surface area (Å²) in [5.41, 5.74) is 5.94. The summed E-state index contributed by atoms with van der Waals surface area (Å²) in [5.74, 6) is -0.175. The second kappa shape index (κ2) is 9.99. The largest absolute Gasteiger partial charge is 0.372 e. The van der Waals surface area contributed by atoms with Crippen molar-refractivity contribution in [2.45, 2.75) is 47.5 Å². The van der Waals surface area contributed by atoms with Gasteiger partial charge in [0, 0.05) is 43.1 Å². The minimum Gasteiger partial charge on any atom is -0.372 e. The zero-order valence-corrected chi connectivity index (χ0v) is 19.5. The first-order chi connectivity index (χ1) is 14.8. The summed E-state index contributed by atoms with van der Waals surface area (Å²) in [6.07, 6.45) is 1.65. The minimum atomic E-state index is -0.189. The molecule has 1 aliphatic rings. The summed E-state index contributed by atoms with van der Waals surface area (Å²) in [7, 11) is 0. The van der Waals surface area contributed by atoms with Crippen molar-refractivity contribution in [3.63, 3.8) is 0 Å². The zero-order chi connectivity index (χ0) is 22.5. The Morgan fingerprint density at radius 1 is 1.03 bits per heavy atom. The van der Waals surface area contributed by atoms with E-state index in [2.05, 4.69) is 42.3 Å². The maximum atomic E-state index is 13.0. The third-order valence-corrected chi connectivity index (χ3v) is 6.14. The van der Waals surface area contributed by atoms with E-state index in [1.807, 2.05) is 43.9 Å². The molecule has 0 saturated carbocycles. The van der Waals surface area contributed by atoms with E-state index >= 15 is 0 Å². The quantitative estimate of drug-likeness (QED) is 0.718. The molecule has 1 N–H and O–H groups in total. The molecule has 0 aliphatic carbocycles. The van der Waals surface area contributed by atoms with Crippen LogP contribution in [0.2, 0.25) is 0 Å². The highest BCUT2D eigenvalue weighted by Gasteiger charge is 2.29. The van der Waals surface area contributed by atoms with Crippen LogP contribution in [0.4, 0.5) is 11.4 Å². The summed E-state index contributed by atoms with van der Waals surface area (Å²) < 4.78 is 0. The maximum absolute atomic E-state index is 13.0. The SMILES string of the molecule is CCN(CC)c1ccc(NC(=O)[C@@H]2CCCN(C(=O)c3cc(C)cc(C)c3)C2)c(C)c1. The number of nitrogens with zero attached hydrogens (tertiary/aromatic N) is 2. The molecule has 0 unspecified atom stereocenters. The fraction of sp³-hybridized carbons (Fsp3) is 0.462. The van der Waals surface area contributed by atoms with E-state index in [-0.39, 0.29) is 17.7 Å². The van der Waals surface area contributed by atoms with E-state index < -0.39 is 0 Å². The molecule has 1 fully saturated rings. The van der Waals surface area contributed by atoms with Gasteiger partial charge in [-0.1, -0.05) is 17.2 Å². The van der Waals surface area contributed by atoms with E-state index in [0.29, 0.717) is 18.7 Å². The Hall–Kier alpha value is -2.82. The first kappa shape index (κ1) is 22.9. The standard InChI is InChI=1S/C26H35N3O2/c1-6-28(7-2)23-10-11-24(20(5)16-23)27-25(30)21-9-8-12-29(17-21)26(31)22-14-18(3)13-19(4)15-22/h10-11,13-16,21H,6-9,12,17H2,1-5H3,(H,27,30)/t21-/m1/s1. The summed E-state index contributed by atoms with van der Waals surface area (Å²) in [6, 6.07) is 12.1. The molecule has 3 rings (SSSR count). The molecule has 0 aromatic heterocycles. The molecule has 166 valence electrons. The number of hydrogen-bond acceptors (Lipinski definition) is 3. The number of piperidine rings is 1. The zero-order valence-electron chi connectivity index (χ0n) is 19.5. The third-order valence-electron chi connectivity index (χ3n) is 6.14.